The summed E-state index contributed by atoms with van der Waals surface area (Å²) in [5, 5.41) is 2.89. The average Bonchev–Trinajstić information content (AvgIpc) is 2.65. The molecule has 0 unspecified atom stereocenters. The van der Waals surface area contributed by atoms with Crippen LogP contribution in [0.5, 0.6) is 11.5 Å². The number of esters is 1. The minimum atomic E-state index is -0.198. The molecule has 0 saturated heterocycles. The van der Waals surface area contributed by atoms with Crippen molar-refractivity contribution in [3.8, 4) is 11.5 Å². The Kier molecular flexibility index (Phi) is 7.50. The Morgan fingerprint density at radius 2 is 1.64 bits per heavy atom. The van der Waals surface area contributed by atoms with Gasteiger partial charge in [0.1, 0.15) is 11.5 Å². The van der Waals surface area contributed by atoms with Crippen molar-refractivity contribution >= 4 is 11.9 Å². The fourth-order valence-electron chi connectivity index (χ4n) is 2.33. The van der Waals surface area contributed by atoms with Gasteiger partial charge in [-0.1, -0.05) is 36.8 Å². The number of methoxy groups -OCH3 is 1. The van der Waals surface area contributed by atoms with Crippen molar-refractivity contribution in [2.75, 3.05) is 13.7 Å². The summed E-state index contributed by atoms with van der Waals surface area (Å²) in [6.07, 6.45) is 2.84. The third-order valence-electron chi connectivity index (χ3n) is 3.67. The van der Waals surface area contributed by atoms with Crippen molar-refractivity contribution in [2.24, 2.45) is 0 Å². The minimum Gasteiger partial charge on any atom is -0.469 e. The van der Waals surface area contributed by atoms with Gasteiger partial charge in [-0.2, -0.15) is 0 Å². The lowest BCUT2D eigenvalue weighted by Crippen LogP contribution is -2.24. The van der Waals surface area contributed by atoms with Crippen molar-refractivity contribution < 1.29 is 19.1 Å². The molecule has 0 saturated carbocycles. The highest BCUT2D eigenvalue weighted by molar-refractivity contribution is 5.97. The summed E-state index contributed by atoms with van der Waals surface area (Å²) in [7, 11) is 1.39. The Morgan fingerprint density at radius 1 is 0.920 bits per heavy atom. The number of hydrogen-bond acceptors (Lipinski definition) is 4. The number of rotatable bonds is 9. The van der Waals surface area contributed by atoms with Gasteiger partial charge < -0.3 is 14.8 Å². The van der Waals surface area contributed by atoms with Gasteiger partial charge in [0.25, 0.3) is 5.91 Å². The maximum absolute atomic E-state index is 12.4. The standard InChI is InChI=1S/C20H23NO4/c1-24-19(22)14-6-3-9-15-21-20(23)17-12-7-8-13-18(17)25-16-10-4-2-5-11-16/h2,4-5,7-8,10-13H,3,6,9,14-15H2,1H3,(H,21,23). The Morgan fingerprint density at radius 3 is 2.40 bits per heavy atom. The third kappa shape index (κ3) is 6.30. The molecule has 5 nitrogen and oxygen atoms in total. The SMILES string of the molecule is COC(=O)CCCCCNC(=O)c1ccccc1Oc1ccccc1. The first-order valence-electron chi connectivity index (χ1n) is 8.37. The predicted molar refractivity (Wildman–Crippen MR) is 95.8 cm³/mol. The summed E-state index contributed by atoms with van der Waals surface area (Å²) < 4.78 is 10.4. The summed E-state index contributed by atoms with van der Waals surface area (Å²) in [6, 6.07) is 16.5. The van der Waals surface area contributed by atoms with E-state index in [2.05, 4.69) is 10.1 Å². The fraction of sp³-hybridized carbons (Fsp3) is 0.300. The summed E-state index contributed by atoms with van der Waals surface area (Å²) in [6.45, 7) is 0.555. The highest BCUT2D eigenvalue weighted by atomic mass is 16.5. The van der Waals surface area contributed by atoms with Crippen LogP contribution in [0.4, 0.5) is 0 Å². The molecule has 0 atom stereocenters. The van der Waals surface area contributed by atoms with Crippen molar-refractivity contribution in [2.45, 2.75) is 25.7 Å². The van der Waals surface area contributed by atoms with E-state index >= 15 is 0 Å². The van der Waals surface area contributed by atoms with Gasteiger partial charge in [-0.05, 0) is 37.1 Å². The van der Waals surface area contributed by atoms with Crippen LogP contribution in [-0.4, -0.2) is 25.5 Å². The molecule has 0 aliphatic heterocycles. The van der Waals surface area contributed by atoms with Crippen molar-refractivity contribution in [3.63, 3.8) is 0 Å². The molecule has 132 valence electrons. The maximum atomic E-state index is 12.4. The number of unbranched alkanes of at least 4 members (excludes halogenated alkanes) is 2. The molecule has 2 rings (SSSR count). The lowest BCUT2D eigenvalue weighted by Gasteiger charge is -2.11. The molecule has 0 bridgehead atoms. The Hall–Kier alpha value is -2.82. The molecule has 5 heteroatoms. The number of carbonyl (C=O) groups excluding carboxylic acids is 2. The Labute approximate surface area is 148 Å². The highest BCUT2D eigenvalue weighted by Crippen LogP contribution is 2.24. The van der Waals surface area contributed by atoms with Crippen LogP contribution in [-0.2, 0) is 9.53 Å². The second-order valence-electron chi connectivity index (χ2n) is 5.55. The second kappa shape index (κ2) is 10.1. The number of amides is 1. The molecule has 2 aromatic carbocycles. The van der Waals surface area contributed by atoms with Gasteiger partial charge in [0.05, 0.1) is 12.7 Å². The van der Waals surface area contributed by atoms with E-state index in [4.69, 9.17) is 4.74 Å². The zero-order valence-electron chi connectivity index (χ0n) is 14.4. The van der Waals surface area contributed by atoms with Crippen LogP contribution < -0.4 is 10.1 Å². The molecule has 2 aromatic rings. The zero-order valence-corrected chi connectivity index (χ0v) is 14.4. The van der Waals surface area contributed by atoms with E-state index in [1.807, 2.05) is 42.5 Å². The largest absolute Gasteiger partial charge is 0.469 e. The maximum Gasteiger partial charge on any atom is 0.305 e. The summed E-state index contributed by atoms with van der Waals surface area (Å²) in [4.78, 5) is 23.4. The lowest BCUT2D eigenvalue weighted by atomic mass is 10.1. The van der Waals surface area contributed by atoms with E-state index in [1.165, 1.54) is 7.11 Å². The van der Waals surface area contributed by atoms with Crippen LogP contribution >= 0.6 is 0 Å². The normalized spacial score (nSPS) is 10.1. The van der Waals surface area contributed by atoms with E-state index in [-0.39, 0.29) is 11.9 Å². The van der Waals surface area contributed by atoms with Crippen molar-refractivity contribution in [1.82, 2.24) is 5.32 Å². The van der Waals surface area contributed by atoms with Crippen molar-refractivity contribution in [3.05, 3.63) is 60.2 Å². The van der Waals surface area contributed by atoms with E-state index in [9.17, 15) is 9.59 Å². The number of carbonyl (C=O) groups is 2. The molecular weight excluding hydrogens is 318 g/mol. The van der Waals surface area contributed by atoms with E-state index < -0.39 is 0 Å². The van der Waals surface area contributed by atoms with Gasteiger partial charge in [0.15, 0.2) is 0 Å². The van der Waals surface area contributed by atoms with Gasteiger partial charge >= 0.3 is 5.97 Å². The molecule has 0 radical (unpaired) electrons. The first kappa shape index (κ1) is 18.5. The van der Waals surface area contributed by atoms with Crippen LogP contribution in [0.1, 0.15) is 36.0 Å². The molecule has 0 spiro atoms. The van der Waals surface area contributed by atoms with Gasteiger partial charge in [0, 0.05) is 13.0 Å². The first-order chi connectivity index (χ1) is 12.2. The fourth-order valence-corrected chi connectivity index (χ4v) is 2.33. The zero-order chi connectivity index (χ0) is 17.9. The van der Waals surface area contributed by atoms with Crippen LogP contribution in [0, 0.1) is 0 Å². The van der Waals surface area contributed by atoms with Crippen LogP contribution in [0.15, 0.2) is 54.6 Å². The molecule has 0 heterocycles. The quantitative estimate of drug-likeness (QED) is 0.554. The number of para-hydroxylation sites is 2. The van der Waals surface area contributed by atoms with Crippen LogP contribution in [0.25, 0.3) is 0 Å². The molecule has 0 aliphatic carbocycles. The van der Waals surface area contributed by atoms with Gasteiger partial charge in [-0.15, -0.1) is 0 Å². The highest BCUT2D eigenvalue weighted by Gasteiger charge is 2.12. The van der Waals surface area contributed by atoms with Crippen LogP contribution in [0.2, 0.25) is 0 Å². The molecule has 0 aromatic heterocycles. The number of nitrogens with one attached hydrogen (secondary N) is 1. The monoisotopic (exact) mass is 341 g/mol. The smallest absolute Gasteiger partial charge is 0.305 e. The summed E-state index contributed by atoms with van der Waals surface area (Å²) >= 11 is 0. The summed E-state index contributed by atoms with van der Waals surface area (Å²) in [5.74, 6) is 0.845. The number of benzene rings is 2. The molecule has 1 amide bonds. The van der Waals surface area contributed by atoms with Crippen LogP contribution in [0.3, 0.4) is 0 Å². The third-order valence-corrected chi connectivity index (χ3v) is 3.67. The molecule has 0 aliphatic rings. The van der Waals surface area contributed by atoms with Crippen molar-refractivity contribution in [1.29, 1.82) is 0 Å². The van der Waals surface area contributed by atoms with Gasteiger partial charge in [-0.25, -0.2) is 0 Å². The van der Waals surface area contributed by atoms with E-state index in [1.54, 1.807) is 12.1 Å². The second-order valence-corrected chi connectivity index (χ2v) is 5.55. The van der Waals surface area contributed by atoms with E-state index in [0.29, 0.717) is 30.0 Å². The minimum absolute atomic E-state index is 0.167. The Bertz CT molecular complexity index is 685. The molecular formula is C20H23NO4. The van der Waals surface area contributed by atoms with Gasteiger partial charge in [-0.3, -0.25) is 9.59 Å². The molecule has 25 heavy (non-hydrogen) atoms. The molecule has 0 fully saturated rings. The molecule has 1 N–H and O–H groups in total. The summed E-state index contributed by atoms with van der Waals surface area (Å²) in [5.41, 5.74) is 0.501. The Balaban J connectivity index is 1.82. The number of ether oxygens (including phenoxy) is 2. The first-order valence-corrected chi connectivity index (χ1v) is 8.37. The van der Waals surface area contributed by atoms with Gasteiger partial charge in [0.2, 0.25) is 0 Å². The van der Waals surface area contributed by atoms with E-state index in [0.717, 1.165) is 19.3 Å². The predicted octanol–water partition coefficient (Wildman–Crippen LogP) is 3.94. The topological polar surface area (TPSA) is 64.6 Å². The number of hydrogen-bond donors (Lipinski definition) is 1. The average molecular weight is 341 g/mol. The lowest BCUT2D eigenvalue weighted by molar-refractivity contribution is -0.140.